The fourth-order valence-corrected chi connectivity index (χ4v) is 2.40. The summed E-state index contributed by atoms with van der Waals surface area (Å²) < 4.78 is 5.03. The number of nitro benzene ring substituents is 1. The van der Waals surface area contributed by atoms with E-state index in [2.05, 4.69) is 5.32 Å². The third-order valence-electron chi connectivity index (χ3n) is 4.13. The van der Waals surface area contributed by atoms with Crippen LogP contribution in [-0.4, -0.2) is 29.2 Å². The van der Waals surface area contributed by atoms with Crippen LogP contribution < -0.4 is 5.32 Å². The number of amides is 1. The SMILES string of the molecule is CCC(=O)Nc1cc(C(=O)OCC(=O)c2ccc(C)c([N+](=O)[O-])c2)ccc1C. The van der Waals surface area contributed by atoms with Gasteiger partial charge < -0.3 is 10.1 Å². The van der Waals surface area contributed by atoms with Crippen LogP contribution >= 0.6 is 0 Å². The van der Waals surface area contributed by atoms with Crippen LogP contribution in [0.4, 0.5) is 11.4 Å². The molecule has 8 nitrogen and oxygen atoms in total. The van der Waals surface area contributed by atoms with Crippen molar-refractivity contribution in [3.8, 4) is 0 Å². The molecule has 0 saturated heterocycles. The standard InChI is InChI=1S/C20H20N2O6/c1-4-19(24)21-16-9-15(8-5-12(16)2)20(25)28-11-18(23)14-7-6-13(3)17(10-14)22(26)27/h5-10H,4,11H2,1-3H3,(H,21,24). The zero-order chi connectivity index (χ0) is 20.8. The first-order chi connectivity index (χ1) is 13.2. The number of rotatable bonds is 7. The van der Waals surface area contributed by atoms with Crippen LogP contribution in [0.5, 0.6) is 0 Å². The van der Waals surface area contributed by atoms with E-state index >= 15 is 0 Å². The van der Waals surface area contributed by atoms with Crippen LogP contribution in [0.3, 0.4) is 0 Å². The normalized spacial score (nSPS) is 10.2. The highest BCUT2D eigenvalue weighted by molar-refractivity contribution is 6.00. The highest BCUT2D eigenvalue weighted by Crippen LogP contribution is 2.20. The lowest BCUT2D eigenvalue weighted by atomic mass is 10.1. The molecule has 2 aromatic carbocycles. The Hall–Kier alpha value is -3.55. The van der Waals surface area contributed by atoms with Gasteiger partial charge in [0.25, 0.3) is 5.69 Å². The number of ether oxygens (including phenoxy) is 1. The second-order valence-electron chi connectivity index (χ2n) is 6.19. The highest BCUT2D eigenvalue weighted by Gasteiger charge is 2.17. The fraction of sp³-hybridized carbons (Fsp3) is 0.250. The minimum Gasteiger partial charge on any atom is -0.454 e. The molecule has 0 aromatic heterocycles. The van der Waals surface area contributed by atoms with Crippen LogP contribution in [0.2, 0.25) is 0 Å². The van der Waals surface area contributed by atoms with Crippen molar-refractivity contribution in [3.63, 3.8) is 0 Å². The number of carbonyl (C=O) groups is 3. The van der Waals surface area contributed by atoms with Gasteiger partial charge in [-0.05, 0) is 31.5 Å². The summed E-state index contributed by atoms with van der Waals surface area (Å²) in [4.78, 5) is 46.4. The monoisotopic (exact) mass is 384 g/mol. The van der Waals surface area contributed by atoms with E-state index in [-0.39, 0.29) is 22.7 Å². The van der Waals surface area contributed by atoms with Crippen molar-refractivity contribution in [1.29, 1.82) is 0 Å². The van der Waals surface area contributed by atoms with Crippen LogP contribution in [0, 0.1) is 24.0 Å². The van der Waals surface area contributed by atoms with Gasteiger partial charge in [-0.2, -0.15) is 0 Å². The molecule has 2 rings (SSSR count). The van der Waals surface area contributed by atoms with Gasteiger partial charge in [0.2, 0.25) is 11.7 Å². The van der Waals surface area contributed by atoms with Crippen molar-refractivity contribution in [2.24, 2.45) is 0 Å². The number of aryl methyl sites for hydroxylation is 2. The van der Waals surface area contributed by atoms with Crippen LogP contribution in [0.25, 0.3) is 0 Å². The molecule has 28 heavy (non-hydrogen) atoms. The number of nitrogens with one attached hydrogen (secondary N) is 1. The summed E-state index contributed by atoms with van der Waals surface area (Å²) in [5.41, 5.74) is 1.79. The first-order valence-corrected chi connectivity index (χ1v) is 8.58. The van der Waals surface area contributed by atoms with Gasteiger partial charge in [-0.25, -0.2) is 4.79 Å². The molecular weight excluding hydrogens is 364 g/mol. The lowest BCUT2D eigenvalue weighted by Gasteiger charge is -2.10. The first-order valence-electron chi connectivity index (χ1n) is 8.58. The maximum absolute atomic E-state index is 12.2. The van der Waals surface area contributed by atoms with E-state index < -0.39 is 23.3 Å². The number of nitro groups is 1. The Balaban J connectivity index is 2.09. The Morgan fingerprint density at radius 3 is 2.32 bits per heavy atom. The number of Topliss-reactive ketones (excluding diaryl/α,β-unsaturated/α-hetero) is 1. The number of ketones is 1. The predicted octanol–water partition coefficient (Wildman–Crippen LogP) is 3.60. The number of carbonyl (C=O) groups excluding carboxylic acids is 3. The molecule has 0 unspecified atom stereocenters. The van der Waals surface area contributed by atoms with Crippen molar-refractivity contribution < 1.29 is 24.0 Å². The van der Waals surface area contributed by atoms with Crippen molar-refractivity contribution in [2.45, 2.75) is 27.2 Å². The van der Waals surface area contributed by atoms with E-state index in [0.717, 1.165) is 11.6 Å². The topological polar surface area (TPSA) is 116 Å². The first kappa shape index (κ1) is 20.8. The van der Waals surface area contributed by atoms with Crippen molar-refractivity contribution >= 4 is 29.0 Å². The number of anilines is 1. The van der Waals surface area contributed by atoms with Gasteiger partial charge in [0.05, 0.1) is 10.5 Å². The van der Waals surface area contributed by atoms with Crippen LogP contribution in [0.1, 0.15) is 45.2 Å². The minimum absolute atomic E-state index is 0.0879. The number of hydrogen-bond acceptors (Lipinski definition) is 6. The number of esters is 1. The lowest BCUT2D eigenvalue weighted by Crippen LogP contribution is -2.15. The summed E-state index contributed by atoms with van der Waals surface area (Å²) in [7, 11) is 0. The molecule has 146 valence electrons. The number of hydrogen-bond donors (Lipinski definition) is 1. The molecule has 0 aliphatic rings. The molecule has 0 saturated carbocycles. The zero-order valence-electron chi connectivity index (χ0n) is 15.8. The Morgan fingerprint density at radius 2 is 1.68 bits per heavy atom. The second kappa shape index (κ2) is 8.90. The van der Waals surface area contributed by atoms with Gasteiger partial charge in [-0.3, -0.25) is 19.7 Å². The smallest absolute Gasteiger partial charge is 0.338 e. The lowest BCUT2D eigenvalue weighted by molar-refractivity contribution is -0.385. The van der Waals surface area contributed by atoms with Gasteiger partial charge in [-0.15, -0.1) is 0 Å². The van der Waals surface area contributed by atoms with E-state index in [0.29, 0.717) is 17.7 Å². The second-order valence-corrected chi connectivity index (χ2v) is 6.19. The van der Waals surface area contributed by atoms with E-state index in [4.69, 9.17) is 4.74 Å². The van der Waals surface area contributed by atoms with Gasteiger partial charge in [-0.1, -0.05) is 25.1 Å². The molecule has 0 radical (unpaired) electrons. The molecule has 0 aliphatic heterocycles. The van der Waals surface area contributed by atoms with Crippen LogP contribution in [0.15, 0.2) is 36.4 Å². The van der Waals surface area contributed by atoms with Crippen LogP contribution in [-0.2, 0) is 9.53 Å². The van der Waals surface area contributed by atoms with Gasteiger partial charge in [0.15, 0.2) is 6.61 Å². The minimum atomic E-state index is -0.734. The molecule has 1 N–H and O–H groups in total. The molecule has 2 aromatic rings. The van der Waals surface area contributed by atoms with Crippen molar-refractivity contribution in [3.05, 3.63) is 68.8 Å². The summed E-state index contributed by atoms with van der Waals surface area (Å²) in [6, 6.07) is 8.74. The third-order valence-corrected chi connectivity index (χ3v) is 4.13. The summed E-state index contributed by atoms with van der Waals surface area (Å²) in [6.45, 7) is 4.51. The maximum atomic E-state index is 12.2. The summed E-state index contributed by atoms with van der Waals surface area (Å²) in [5, 5.41) is 13.7. The Bertz CT molecular complexity index is 952. The quantitative estimate of drug-likeness (QED) is 0.337. The molecule has 1 amide bonds. The Morgan fingerprint density at radius 1 is 1.04 bits per heavy atom. The molecule has 8 heteroatoms. The molecular formula is C20H20N2O6. The van der Waals surface area contributed by atoms with E-state index in [1.54, 1.807) is 26.8 Å². The van der Waals surface area contributed by atoms with Gasteiger partial charge in [0.1, 0.15) is 0 Å². The summed E-state index contributed by atoms with van der Waals surface area (Å²) in [5.74, 6) is -1.48. The van der Waals surface area contributed by atoms with E-state index in [9.17, 15) is 24.5 Å². The maximum Gasteiger partial charge on any atom is 0.338 e. The molecule has 0 spiro atoms. The predicted molar refractivity (Wildman–Crippen MR) is 103 cm³/mol. The van der Waals surface area contributed by atoms with Crippen molar-refractivity contribution in [1.82, 2.24) is 0 Å². The zero-order valence-corrected chi connectivity index (χ0v) is 15.8. The fourth-order valence-electron chi connectivity index (χ4n) is 2.40. The molecule has 0 atom stereocenters. The Kier molecular flexibility index (Phi) is 6.59. The van der Waals surface area contributed by atoms with E-state index in [1.165, 1.54) is 24.3 Å². The van der Waals surface area contributed by atoms with Crippen molar-refractivity contribution in [2.75, 3.05) is 11.9 Å². The van der Waals surface area contributed by atoms with Gasteiger partial charge >= 0.3 is 5.97 Å². The average molecular weight is 384 g/mol. The number of nitrogens with zero attached hydrogens (tertiary/aromatic N) is 1. The third kappa shape index (κ3) is 5.00. The van der Waals surface area contributed by atoms with E-state index in [1.807, 2.05) is 0 Å². The average Bonchev–Trinajstić information content (AvgIpc) is 2.67. The molecule has 0 heterocycles. The molecule has 0 fully saturated rings. The highest BCUT2D eigenvalue weighted by atomic mass is 16.6. The summed E-state index contributed by atoms with van der Waals surface area (Å²) in [6.07, 6.45) is 0.297. The molecule has 0 bridgehead atoms. The van der Waals surface area contributed by atoms with Gasteiger partial charge in [0, 0.05) is 29.3 Å². The number of benzene rings is 2. The Labute approximate surface area is 161 Å². The summed E-state index contributed by atoms with van der Waals surface area (Å²) >= 11 is 0. The largest absolute Gasteiger partial charge is 0.454 e. The molecule has 0 aliphatic carbocycles.